The number of hydrogen-bond acceptors (Lipinski definition) is 4. The molecule has 0 unspecified atom stereocenters. The lowest BCUT2D eigenvalue weighted by atomic mass is 10.1. The average Bonchev–Trinajstić information content (AvgIpc) is 2.39. The van der Waals surface area contributed by atoms with Crippen LogP contribution in [0.4, 0.5) is 5.69 Å². The zero-order valence-corrected chi connectivity index (χ0v) is 10.2. The van der Waals surface area contributed by atoms with Gasteiger partial charge in [0.2, 0.25) is 5.75 Å². The van der Waals surface area contributed by atoms with Crippen molar-refractivity contribution in [3.05, 3.63) is 63.7 Å². The minimum atomic E-state index is -0.498. The number of ether oxygens (including phenoxy) is 1. The molecule has 2 aromatic rings. The van der Waals surface area contributed by atoms with Crippen molar-refractivity contribution in [3.8, 4) is 11.5 Å². The molecule has 19 heavy (non-hydrogen) atoms. The van der Waals surface area contributed by atoms with Gasteiger partial charge in [0.15, 0.2) is 0 Å². The van der Waals surface area contributed by atoms with Crippen molar-refractivity contribution in [3.63, 3.8) is 0 Å². The molecule has 2 aromatic carbocycles. The quantitative estimate of drug-likeness (QED) is 0.477. The maximum atomic E-state index is 10.9. The number of hydrogen-bond donors (Lipinski definition) is 0. The molecule has 0 aliphatic rings. The van der Waals surface area contributed by atoms with Gasteiger partial charge in [-0.25, -0.2) is 0 Å². The molecular weight excluding hydrogens is 246 g/mol. The summed E-state index contributed by atoms with van der Waals surface area (Å²) in [5.74, 6) is 0.628. The summed E-state index contributed by atoms with van der Waals surface area (Å²) in [6, 6.07) is 11.0. The third kappa shape index (κ3) is 2.77. The molecule has 0 saturated heterocycles. The number of nitro groups is 1. The highest BCUT2D eigenvalue weighted by atomic mass is 16.6. The van der Waals surface area contributed by atoms with Gasteiger partial charge in [0.25, 0.3) is 0 Å². The van der Waals surface area contributed by atoms with E-state index in [1.54, 1.807) is 37.3 Å². The van der Waals surface area contributed by atoms with E-state index >= 15 is 0 Å². The first-order valence-corrected chi connectivity index (χ1v) is 5.59. The van der Waals surface area contributed by atoms with Crippen molar-refractivity contribution in [2.75, 3.05) is 0 Å². The third-order valence-corrected chi connectivity index (χ3v) is 2.66. The number of carbonyl (C=O) groups excluding carboxylic acids is 1. The van der Waals surface area contributed by atoms with Gasteiger partial charge in [-0.15, -0.1) is 0 Å². The molecule has 0 saturated carbocycles. The molecule has 0 aliphatic carbocycles. The van der Waals surface area contributed by atoms with Gasteiger partial charge in [0.1, 0.15) is 12.0 Å². The highest BCUT2D eigenvalue weighted by Crippen LogP contribution is 2.31. The predicted octanol–water partition coefficient (Wildman–Crippen LogP) is 3.51. The van der Waals surface area contributed by atoms with Crippen LogP contribution in [0.5, 0.6) is 11.5 Å². The van der Waals surface area contributed by atoms with Crippen LogP contribution in [0.3, 0.4) is 0 Å². The monoisotopic (exact) mass is 257 g/mol. The second-order valence-corrected chi connectivity index (χ2v) is 3.96. The van der Waals surface area contributed by atoms with Crippen LogP contribution in [-0.2, 0) is 0 Å². The number of nitrogens with zero attached hydrogens (tertiary/aromatic N) is 1. The molecule has 0 bridgehead atoms. The van der Waals surface area contributed by atoms with Crippen LogP contribution in [0.1, 0.15) is 15.9 Å². The lowest BCUT2D eigenvalue weighted by Crippen LogP contribution is -1.94. The summed E-state index contributed by atoms with van der Waals surface area (Å²) in [4.78, 5) is 21.1. The molecule has 96 valence electrons. The topological polar surface area (TPSA) is 69.4 Å². The second kappa shape index (κ2) is 5.30. The molecule has 5 heteroatoms. The Kier molecular flexibility index (Phi) is 3.56. The Labute approximate surface area is 109 Å². The van der Waals surface area contributed by atoms with Gasteiger partial charge in [-0.2, -0.15) is 0 Å². The van der Waals surface area contributed by atoms with E-state index in [4.69, 9.17) is 4.74 Å². The van der Waals surface area contributed by atoms with Crippen molar-refractivity contribution in [2.24, 2.45) is 0 Å². The molecule has 0 atom stereocenters. The van der Waals surface area contributed by atoms with E-state index in [0.29, 0.717) is 11.3 Å². The summed E-state index contributed by atoms with van der Waals surface area (Å²) in [5, 5.41) is 10.9. The van der Waals surface area contributed by atoms with E-state index in [0.717, 1.165) is 11.8 Å². The van der Waals surface area contributed by atoms with Gasteiger partial charge in [0.05, 0.1) is 4.92 Å². The summed E-state index contributed by atoms with van der Waals surface area (Å²) >= 11 is 0. The summed E-state index contributed by atoms with van der Waals surface area (Å²) in [5.41, 5.74) is 1.22. The van der Waals surface area contributed by atoms with Gasteiger partial charge < -0.3 is 4.74 Å². The molecular formula is C14H11NO4. The van der Waals surface area contributed by atoms with E-state index in [1.807, 2.05) is 0 Å². The van der Waals surface area contributed by atoms with Gasteiger partial charge in [-0.05, 0) is 36.8 Å². The lowest BCUT2D eigenvalue weighted by Gasteiger charge is -2.07. The molecule has 0 aromatic heterocycles. The summed E-state index contributed by atoms with van der Waals surface area (Å²) in [7, 11) is 0. The standard InChI is InChI=1S/C14H11NO4/c1-10-8-12(7-6-11(10)9-16)19-14-5-3-2-4-13(14)15(17)18/h2-9H,1H3. The number of nitro benzene ring substituents is 1. The fraction of sp³-hybridized carbons (Fsp3) is 0.0714. The first-order chi connectivity index (χ1) is 9.11. The minimum absolute atomic E-state index is 0.0976. The zero-order valence-electron chi connectivity index (χ0n) is 10.2. The van der Waals surface area contributed by atoms with Gasteiger partial charge in [-0.1, -0.05) is 12.1 Å². The van der Waals surface area contributed by atoms with Crippen molar-refractivity contribution in [1.82, 2.24) is 0 Å². The number of rotatable bonds is 4. The number of aryl methyl sites for hydroxylation is 1. The Morgan fingerprint density at radius 3 is 2.58 bits per heavy atom. The van der Waals surface area contributed by atoms with Gasteiger partial charge >= 0.3 is 5.69 Å². The molecule has 0 spiro atoms. The smallest absolute Gasteiger partial charge is 0.311 e. The van der Waals surface area contributed by atoms with Crippen LogP contribution in [-0.4, -0.2) is 11.2 Å². The second-order valence-electron chi connectivity index (χ2n) is 3.96. The van der Waals surface area contributed by atoms with Crippen molar-refractivity contribution in [2.45, 2.75) is 6.92 Å². The Morgan fingerprint density at radius 2 is 1.95 bits per heavy atom. The maximum absolute atomic E-state index is 10.9. The highest BCUT2D eigenvalue weighted by molar-refractivity contribution is 5.77. The van der Waals surface area contributed by atoms with E-state index in [1.165, 1.54) is 12.1 Å². The van der Waals surface area contributed by atoms with Gasteiger partial charge in [-0.3, -0.25) is 14.9 Å². The molecule has 5 nitrogen and oxygen atoms in total. The van der Waals surface area contributed by atoms with Gasteiger partial charge in [0, 0.05) is 11.6 Å². The third-order valence-electron chi connectivity index (χ3n) is 2.66. The van der Waals surface area contributed by atoms with Crippen LogP contribution < -0.4 is 4.74 Å². The maximum Gasteiger partial charge on any atom is 0.311 e. The first kappa shape index (κ1) is 12.8. The molecule has 0 heterocycles. The van der Waals surface area contributed by atoms with Crippen molar-refractivity contribution >= 4 is 12.0 Å². The van der Waals surface area contributed by atoms with Crippen LogP contribution >= 0.6 is 0 Å². The normalized spacial score (nSPS) is 9.95. The lowest BCUT2D eigenvalue weighted by molar-refractivity contribution is -0.385. The summed E-state index contributed by atoms with van der Waals surface area (Å²) < 4.78 is 5.49. The van der Waals surface area contributed by atoms with E-state index < -0.39 is 4.92 Å². The summed E-state index contributed by atoms with van der Waals surface area (Å²) in [6.07, 6.45) is 0.754. The largest absolute Gasteiger partial charge is 0.450 e. The number of carbonyl (C=O) groups is 1. The molecule has 0 aliphatic heterocycles. The Bertz CT molecular complexity index is 637. The average molecular weight is 257 g/mol. The molecule has 0 amide bonds. The van der Waals surface area contributed by atoms with E-state index in [2.05, 4.69) is 0 Å². The number of benzene rings is 2. The Hall–Kier alpha value is -2.69. The molecule has 0 fully saturated rings. The van der Waals surface area contributed by atoms with Crippen LogP contribution in [0.15, 0.2) is 42.5 Å². The number of para-hydroxylation sites is 2. The Morgan fingerprint density at radius 1 is 1.21 bits per heavy atom. The molecule has 2 rings (SSSR count). The van der Waals surface area contributed by atoms with Crippen LogP contribution in [0.25, 0.3) is 0 Å². The fourth-order valence-electron chi connectivity index (χ4n) is 1.67. The SMILES string of the molecule is Cc1cc(Oc2ccccc2[N+](=O)[O-])ccc1C=O. The Balaban J connectivity index is 2.34. The first-order valence-electron chi connectivity index (χ1n) is 5.59. The minimum Gasteiger partial charge on any atom is -0.450 e. The van der Waals surface area contributed by atoms with Crippen LogP contribution in [0, 0.1) is 17.0 Å². The highest BCUT2D eigenvalue weighted by Gasteiger charge is 2.14. The zero-order chi connectivity index (χ0) is 13.8. The van der Waals surface area contributed by atoms with Crippen LogP contribution in [0.2, 0.25) is 0 Å². The summed E-state index contributed by atoms with van der Waals surface area (Å²) in [6.45, 7) is 1.77. The van der Waals surface area contributed by atoms with E-state index in [-0.39, 0.29) is 11.4 Å². The van der Waals surface area contributed by atoms with E-state index in [9.17, 15) is 14.9 Å². The predicted molar refractivity (Wildman–Crippen MR) is 69.7 cm³/mol. The van der Waals surface area contributed by atoms with Crippen molar-refractivity contribution in [1.29, 1.82) is 0 Å². The fourth-order valence-corrected chi connectivity index (χ4v) is 1.67. The molecule has 0 radical (unpaired) electrons. The van der Waals surface area contributed by atoms with Crippen molar-refractivity contribution < 1.29 is 14.5 Å². The molecule has 0 N–H and O–H groups in total. The number of aldehydes is 1.